The molecule has 1 aromatic heterocycles. The van der Waals surface area contributed by atoms with Crippen LogP contribution in [-0.4, -0.2) is 26.1 Å². The largest absolute Gasteiger partial charge is 0.476 e. The Bertz CT molecular complexity index is 396. The number of nitrogens with zero attached hydrogens (tertiary/aromatic N) is 3. The van der Waals surface area contributed by atoms with E-state index in [1.165, 1.54) is 6.42 Å². The maximum atomic E-state index is 11.1. The SMILES string of the molecule is CCCCCn1nnc(C(=O)O)c1C1CCC1. The van der Waals surface area contributed by atoms with Crippen molar-refractivity contribution in [3.8, 4) is 0 Å². The third-order valence-electron chi connectivity index (χ3n) is 3.44. The average Bonchev–Trinajstić information content (AvgIpc) is 2.60. The van der Waals surface area contributed by atoms with Crippen LogP contribution in [0.1, 0.15) is 67.5 Å². The fourth-order valence-electron chi connectivity index (χ4n) is 2.24. The summed E-state index contributed by atoms with van der Waals surface area (Å²) in [5.74, 6) is -0.591. The number of aryl methyl sites for hydroxylation is 1. The van der Waals surface area contributed by atoms with Gasteiger partial charge in [-0.25, -0.2) is 9.48 Å². The summed E-state index contributed by atoms with van der Waals surface area (Å²) in [7, 11) is 0. The van der Waals surface area contributed by atoms with Gasteiger partial charge >= 0.3 is 5.97 Å². The zero-order valence-electron chi connectivity index (χ0n) is 10.2. The molecule has 5 heteroatoms. The fourth-order valence-corrected chi connectivity index (χ4v) is 2.24. The molecule has 0 atom stereocenters. The Hall–Kier alpha value is -1.39. The van der Waals surface area contributed by atoms with Gasteiger partial charge < -0.3 is 5.11 Å². The van der Waals surface area contributed by atoms with Crippen LogP contribution in [0.2, 0.25) is 0 Å². The molecule has 0 radical (unpaired) electrons. The minimum atomic E-state index is -0.950. The van der Waals surface area contributed by atoms with E-state index < -0.39 is 5.97 Å². The van der Waals surface area contributed by atoms with Gasteiger partial charge in [0.1, 0.15) is 0 Å². The highest BCUT2D eigenvalue weighted by atomic mass is 16.4. The predicted octanol–water partition coefficient (Wildman–Crippen LogP) is 2.43. The van der Waals surface area contributed by atoms with Gasteiger partial charge in [-0.1, -0.05) is 31.4 Å². The summed E-state index contributed by atoms with van der Waals surface area (Å²) in [5, 5.41) is 16.9. The summed E-state index contributed by atoms with van der Waals surface area (Å²) in [6.07, 6.45) is 6.66. The molecule has 0 aliphatic heterocycles. The van der Waals surface area contributed by atoms with E-state index in [1.54, 1.807) is 0 Å². The van der Waals surface area contributed by atoms with Gasteiger partial charge in [-0.2, -0.15) is 0 Å². The number of carboxylic acids is 1. The van der Waals surface area contributed by atoms with Crippen LogP contribution in [0.15, 0.2) is 0 Å². The van der Waals surface area contributed by atoms with Crippen molar-refractivity contribution >= 4 is 5.97 Å². The Labute approximate surface area is 101 Å². The van der Waals surface area contributed by atoms with Gasteiger partial charge in [-0.05, 0) is 19.3 Å². The second-order valence-corrected chi connectivity index (χ2v) is 4.69. The van der Waals surface area contributed by atoms with E-state index in [4.69, 9.17) is 5.11 Å². The molecule has 1 N–H and O–H groups in total. The van der Waals surface area contributed by atoms with Gasteiger partial charge in [0.2, 0.25) is 0 Å². The molecule has 0 unspecified atom stereocenters. The number of carboxylic acid groups (broad SMARTS) is 1. The number of unbranched alkanes of at least 4 members (excludes halogenated alkanes) is 2. The number of rotatable bonds is 6. The zero-order chi connectivity index (χ0) is 12.3. The minimum absolute atomic E-state index is 0.159. The Balaban J connectivity index is 2.16. The van der Waals surface area contributed by atoms with E-state index >= 15 is 0 Å². The predicted molar refractivity (Wildman–Crippen MR) is 63.1 cm³/mol. The molecule has 1 aliphatic rings. The van der Waals surface area contributed by atoms with Crippen LogP contribution in [0, 0.1) is 0 Å². The molecule has 1 aromatic rings. The van der Waals surface area contributed by atoms with Crippen molar-refractivity contribution in [1.29, 1.82) is 0 Å². The molecule has 1 saturated carbocycles. The number of hydrogen-bond donors (Lipinski definition) is 1. The third kappa shape index (κ3) is 2.48. The monoisotopic (exact) mass is 237 g/mol. The molecule has 0 spiro atoms. The van der Waals surface area contributed by atoms with Crippen molar-refractivity contribution < 1.29 is 9.90 Å². The van der Waals surface area contributed by atoms with Gasteiger partial charge in [-0.15, -0.1) is 5.10 Å². The number of carbonyl (C=O) groups is 1. The lowest BCUT2D eigenvalue weighted by atomic mass is 9.82. The average molecular weight is 237 g/mol. The molecule has 1 fully saturated rings. The Kier molecular flexibility index (Phi) is 3.76. The molecule has 1 aliphatic carbocycles. The maximum Gasteiger partial charge on any atom is 0.358 e. The minimum Gasteiger partial charge on any atom is -0.476 e. The van der Waals surface area contributed by atoms with Crippen LogP contribution in [0.4, 0.5) is 0 Å². The molecule has 94 valence electrons. The Morgan fingerprint density at radius 2 is 2.24 bits per heavy atom. The van der Waals surface area contributed by atoms with E-state index in [1.807, 2.05) is 4.68 Å². The van der Waals surface area contributed by atoms with E-state index in [0.717, 1.165) is 44.3 Å². The van der Waals surface area contributed by atoms with Gasteiger partial charge in [0.05, 0.1) is 5.69 Å². The summed E-state index contributed by atoms with van der Waals surface area (Å²) in [6.45, 7) is 2.94. The quantitative estimate of drug-likeness (QED) is 0.771. The Morgan fingerprint density at radius 3 is 2.76 bits per heavy atom. The molecular formula is C12H19N3O2. The van der Waals surface area contributed by atoms with E-state index in [-0.39, 0.29) is 5.69 Å². The van der Waals surface area contributed by atoms with Crippen molar-refractivity contribution in [2.75, 3.05) is 0 Å². The van der Waals surface area contributed by atoms with E-state index in [2.05, 4.69) is 17.2 Å². The van der Waals surface area contributed by atoms with Crippen molar-refractivity contribution in [2.45, 2.75) is 57.9 Å². The van der Waals surface area contributed by atoms with Crippen LogP contribution in [-0.2, 0) is 6.54 Å². The van der Waals surface area contributed by atoms with Gasteiger partial charge in [-0.3, -0.25) is 0 Å². The first-order chi connectivity index (χ1) is 8.24. The van der Waals surface area contributed by atoms with Crippen molar-refractivity contribution in [3.05, 3.63) is 11.4 Å². The van der Waals surface area contributed by atoms with Crippen molar-refractivity contribution in [1.82, 2.24) is 15.0 Å². The van der Waals surface area contributed by atoms with Crippen LogP contribution >= 0.6 is 0 Å². The first kappa shape index (κ1) is 12.1. The van der Waals surface area contributed by atoms with Crippen LogP contribution in [0.25, 0.3) is 0 Å². The summed E-state index contributed by atoms with van der Waals surface area (Å²) < 4.78 is 1.81. The van der Waals surface area contributed by atoms with Gasteiger partial charge in [0.25, 0.3) is 0 Å². The number of aromatic nitrogens is 3. The van der Waals surface area contributed by atoms with E-state index in [0.29, 0.717) is 5.92 Å². The fraction of sp³-hybridized carbons (Fsp3) is 0.750. The number of hydrogen-bond acceptors (Lipinski definition) is 3. The summed E-state index contributed by atoms with van der Waals surface area (Å²) in [5.41, 5.74) is 1.01. The second-order valence-electron chi connectivity index (χ2n) is 4.69. The lowest BCUT2D eigenvalue weighted by molar-refractivity contribution is 0.0687. The summed E-state index contributed by atoms with van der Waals surface area (Å²) in [4.78, 5) is 11.1. The molecule has 2 rings (SSSR count). The molecule has 1 heterocycles. The van der Waals surface area contributed by atoms with Crippen LogP contribution < -0.4 is 0 Å². The normalized spacial score (nSPS) is 15.8. The zero-order valence-corrected chi connectivity index (χ0v) is 10.2. The summed E-state index contributed by atoms with van der Waals surface area (Å²) >= 11 is 0. The molecule has 0 saturated heterocycles. The highest BCUT2D eigenvalue weighted by molar-refractivity contribution is 5.86. The van der Waals surface area contributed by atoms with Crippen molar-refractivity contribution in [3.63, 3.8) is 0 Å². The van der Waals surface area contributed by atoms with E-state index in [9.17, 15) is 4.79 Å². The molecule has 0 amide bonds. The number of aromatic carboxylic acids is 1. The second kappa shape index (κ2) is 5.29. The van der Waals surface area contributed by atoms with Crippen molar-refractivity contribution in [2.24, 2.45) is 0 Å². The smallest absolute Gasteiger partial charge is 0.358 e. The topological polar surface area (TPSA) is 68.0 Å². The van der Waals surface area contributed by atoms with Gasteiger partial charge in [0.15, 0.2) is 5.69 Å². The highest BCUT2D eigenvalue weighted by Crippen LogP contribution is 2.37. The highest BCUT2D eigenvalue weighted by Gasteiger charge is 2.30. The maximum absolute atomic E-state index is 11.1. The van der Waals surface area contributed by atoms with Gasteiger partial charge in [0, 0.05) is 12.5 Å². The molecule has 17 heavy (non-hydrogen) atoms. The lowest BCUT2D eigenvalue weighted by Crippen LogP contribution is -2.18. The molecule has 5 nitrogen and oxygen atoms in total. The first-order valence-electron chi connectivity index (χ1n) is 6.40. The summed E-state index contributed by atoms with van der Waals surface area (Å²) in [6, 6.07) is 0. The molecule has 0 aromatic carbocycles. The van der Waals surface area contributed by atoms with Crippen LogP contribution in [0.3, 0.4) is 0 Å². The van der Waals surface area contributed by atoms with Crippen LogP contribution in [0.5, 0.6) is 0 Å². The molecular weight excluding hydrogens is 218 g/mol. The lowest BCUT2D eigenvalue weighted by Gasteiger charge is -2.26. The standard InChI is InChI=1S/C12H19N3O2/c1-2-3-4-8-15-11(9-6-5-7-9)10(12(16)17)13-14-15/h9H,2-8H2,1H3,(H,16,17). The Morgan fingerprint density at radius 1 is 1.47 bits per heavy atom. The molecule has 0 bridgehead atoms. The first-order valence-corrected chi connectivity index (χ1v) is 6.40. The third-order valence-corrected chi connectivity index (χ3v) is 3.44.